The minimum atomic E-state index is -0.594. The average Bonchev–Trinajstić information content (AvgIpc) is 2.53. The maximum absolute atomic E-state index is 11.7. The number of carbonyl (C=O) groups excluding carboxylic acids is 2. The summed E-state index contributed by atoms with van der Waals surface area (Å²) in [5, 5.41) is 2.17. The summed E-state index contributed by atoms with van der Waals surface area (Å²) in [6, 6.07) is 13.7. The van der Waals surface area contributed by atoms with Gasteiger partial charge in [-0.15, -0.1) is 0 Å². The lowest BCUT2D eigenvalue weighted by Gasteiger charge is -2.06. The zero-order valence-electron chi connectivity index (χ0n) is 11.7. The molecular formula is C16H14O4S. The summed E-state index contributed by atoms with van der Waals surface area (Å²) in [4.78, 5) is 24.1. The van der Waals surface area contributed by atoms with E-state index in [1.807, 2.05) is 42.5 Å². The van der Waals surface area contributed by atoms with Crippen LogP contribution in [0.2, 0.25) is 0 Å². The number of ether oxygens (including phenoxy) is 2. The Kier molecular flexibility index (Phi) is 5.00. The molecule has 0 aliphatic rings. The molecule has 0 aliphatic heterocycles. The topological polar surface area (TPSA) is 52.6 Å². The van der Waals surface area contributed by atoms with Crippen LogP contribution < -0.4 is 0 Å². The first-order chi connectivity index (χ1) is 10.1. The number of thioether (sulfide) groups is 1. The van der Waals surface area contributed by atoms with E-state index in [4.69, 9.17) is 0 Å². The summed E-state index contributed by atoms with van der Waals surface area (Å²) < 4.78 is 9.23. The maximum Gasteiger partial charge on any atom is 0.344 e. The molecule has 0 atom stereocenters. The fourth-order valence-corrected chi connectivity index (χ4v) is 2.65. The standard InChI is InChI=1S/C16H14O4S/c1-19-15(17)10-14(16(18)20-2)21-13-8-7-11-5-3-4-6-12(11)9-13/h3-10H,1-2H3/b14-10+. The summed E-state index contributed by atoms with van der Waals surface area (Å²) in [7, 11) is 2.53. The number of benzene rings is 2. The van der Waals surface area contributed by atoms with Gasteiger partial charge in [0.2, 0.25) is 0 Å². The Morgan fingerprint density at radius 3 is 2.38 bits per heavy atom. The Balaban J connectivity index is 2.31. The molecule has 0 bridgehead atoms. The molecule has 0 radical (unpaired) electrons. The fraction of sp³-hybridized carbons (Fsp3) is 0.125. The summed E-state index contributed by atoms with van der Waals surface area (Å²) in [5.41, 5.74) is 0. The van der Waals surface area contributed by atoms with Crippen LogP contribution in [0.1, 0.15) is 0 Å². The lowest BCUT2D eigenvalue weighted by molar-refractivity contribution is -0.137. The smallest absolute Gasteiger partial charge is 0.344 e. The molecule has 0 spiro atoms. The van der Waals surface area contributed by atoms with E-state index in [0.717, 1.165) is 21.7 Å². The minimum absolute atomic E-state index is 0.180. The molecule has 0 aromatic heterocycles. The second-order valence-electron chi connectivity index (χ2n) is 4.13. The predicted molar refractivity (Wildman–Crippen MR) is 81.9 cm³/mol. The molecule has 5 heteroatoms. The van der Waals surface area contributed by atoms with Crippen molar-refractivity contribution in [3.63, 3.8) is 0 Å². The lowest BCUT2D eigenvalue weighted by Crippen LogP contribution is -2.05. The second kappa shape index (κ2) is 6.95. The first-order valence-electron chi connectivity index (χ1n) is 6.18. The highest BCUT2D eigenvalue weighted by atomic mass is 32.2. The van der Waals surface area contributed by atoms with Gasteiger partial charge >= 0.3 is 11.9 Å². The number of carbonyl (C=O) groups is 2. The molecule has 21 heavy (non-hydrogen) atoms. The third kappa shape index (κ3) is 3.86. The van der Waals surface area contributed by atoms with E-state index in [-0.39, 0.29) is 4.91 Å². The number of hydrogen-bond donors (Lipinski definition) is 0. The van der Waals surface area contributed by atoms with Crippen molar-refractivity contribution < 1.29 is 19.1 Å². The van der Waals surface area contributed by atoms with Gasteiger partial charge in [-0.05, 0) is 22.9 Å². The third-order valence-electron chi connectivity index (χ3n) is 2.79. The van der Waals surface area contributed by atoms with E-state index in [1.54, 1.807) is 0 Å². The Hall–Kier alpha value is -2.27. The molecule has 2 aromatic rings. The van der Waals surface area contributed by atoms with Crippen molar-refractivity contribution in [2.24, 2.45) is 0 Å². The number of rotatable bonds is 4. The largest absolute Gasteiger partial charge is 0.466 e. The van der Waals surface area contributed by atoms with Crippen LogP contribution in [0.25, 0.3) is 10.8 Å². The van der Waals surface area contributed by atoms with Crippen molar-refractivity contribution in [3.8, 4) is 0 Å². The summed E-state index contributed by atoms with van der Waals surface area (Å²) in [6.45, 7) is 0. The van der Waals surface area contributed by atoms with Gasteiger partial charge in [0.1, 0.15) is 4.91 Å². The van der Waals surface area contributed by atoms with E-state index in [1.165, 1.54) is 26.0 Å². The van der Waals surface area contributed by atoms with Gasteiger partial charge in [-0.25, -0.2) is 9.59 Å². The average molecular weight is 302 g/mol. The van der Waals surface area contributed by atoms with Crippen molar-refractivity contribution in [1.29, 1.82) is 0 Å². The monoisotopic (exact) mass is 302 g/mol. The van der Waals surface area contributed by atoms with E-state index in [9.17, 15) is 9.59 Å². The van der Waals surface area contributed by atoms with Gasteiger partial charge in [-0.2, -0.15) is 0 Å². The summed E-state index contributed by atoms with van der Waals surface area (Å²) >= 11 is 1.17. The third-order valence-corrected chi connectivity index (χ3v) is 3.78. The quantitative estimate of drug-likeness (QED) is 0.493. The van der Waals surface area contributed by atoms with Crippen LogP contribution >= 0.6 is 11.8 Å². The van der Waals surface area contributed by atoms with Gasteiger partial charge in [0.25, 0.3) is 0 Å². The van der Waals surface area contributed by atoms with E-state index >= 15 is 0 Å². The molecule has 0 amide bonds. The van der Waals surface area contributed by atoms with Crippen LogP contribution in [0.4, 0.5) is 0 Å². The SMILES string of the molecule is COC(=O)/C=C(/Sc1ccc2ccccc2c1)C(=O)OC. The predicted octanol–water partition coefficient (Wildman–Crippen LogP) is 3.16. The van der Waals surface area contributed by atoms with Gasteiger partial charge in [-0.1, -0.05) is 42.1 Å². The molecule has 2 rings (SSSR count). The molecule has 0 fully saturated rings. The highest BCUT2D eigenvalue weighted by Crippen LogP contribution is 2.30. The number of fused-ring (bicyclic) bond motifs is 1. The number of hydrogen-bond acceptors (Lipinski definition) is 5. The Labute approximate surface area is 126 Å². The number of esters is 2. The highest BCUT2D eigenvalue weighted by molar-refractivity contribution is 8.04. The van der Waals surface area contributed by atoms with Gasteiger partial charge in [0, 0.05) is 11.0 Å². The molecule has 0 saturated heterocycles. The Morgan fingerprint density at radius 1 is 1.00 bits per heavy atom. The van der Waals surface area contributed by atoms with Crippen LogP contribution in [-0.4, -0.2) is 26.2 Å². The zero-order valence-corrected chi connectivity index (χ0v) is 12.5. The van der Waals surface area contributed by atoms with Crippen molar-refractivity contribution >= 4 is 34.5 Å². The second-order valence-corrected chi connectivity index (χ2v) is 5.25. The van der Waals surface area contributed by atoms with E-state index in [2.05, 4.69) is 9.47 Å². The summed E-state index contributed by atoms with van der Waals surface area (Å²) in [6.07, 6.45) is 1.13. The van der Waals surface area contributed by atoms with Crippen LogP contribution in [-0.2, 0) is 19.1 Å². The first kappa shape index (κ1) is 15.1. The van der Waals surface area contributed by atoms with Crippen LogP contribution in [0.3, 0.4) is 0 Å². The van der Waals surface area contributed by atoms with Gasteiger partial charge in [-0.3, -0.25) is 0 Å². The molecular weight excluding hydrogens is 288 g/mol. The fourth-order valence-electron chi connectivity index (χ4n) is 1.75. The molecule has 0 aliphatic carbocycles. The van der Waals surface area contributed by atoms with Crippen LogP contribution in [0.5, 0.6) is 0 Å². The molecule has 0 N–H and O–H groups in total. The van der Waals surface area contributed by atoms with E-state index in [0.29, 0.717) is 0 Å². The van der Waals surface area contributed by atoms with Crippen LogP contribution in [0, 0.1) is 0 Å². The summed E-state index contributed by atoms with van der Waals surface area (Å²) in [5.74, 6) is -1.16. The van der Waals surface area contributed by atoms with Crippen molar-refractivity contribution in [3.05, 3.63) is 53.4 Å². The minimum Gasteiger partial charge on any atom is -0.466 e. The molecule has 108 valence electrons. The first-order valence-corrected chi connectivity index (χ1v) is 7.00. The maximum atomic E-state index is 11.7. The Bertz CT molecular complexity index is 706. The lowest BCUT2D eigenvalue weighted by atomic mass is 10.1. The molecule has 2 aromatic carbocycles. The van der Waals surface area contributed by atoms with Crippen molar-refractivity contribution in [2.75, 3.05) is 14.2 Å². The van der Waals surface area contributed by atoms with Crippen molar-refractivity contribution in [1.82, 2.24) is 0 Å². The zero-order chi connectivity index (χ0) is 15.2. The van der Waals surface area contributed by atoms with Crippen LogP contribution in [0.15, 0.2) is 58.3 Å². The van der Waals surface area contributed by atoms with Gasteiger partial charge in [0.15, 0.2) is 0 Å². The molecule has 0 unspecified atom stereocenters. The molecule has 0 heterocycles. The van der Waals surface area contributed by atoms with Gasteiger partial charge in [0.05, 0.1) is 14.2 Å². The van der Waals surface area contributed by atoms with Gasteiger partial charge < -0.3 is 9.47 Å². The van der Waals surface area contributed by atoms with E-state index < -0.39 is 11.9 Å². The highest BCUT2D eigenvalue weighted by Gasteiger charge is 2.14. The molecule has 4 nitrogen and oxygen atoms in total. The Morgan fingerprint density at radius 2 is 1.71 bits per heavy atom. The normalized spacial score (nSPS) is 11.2. The van der Waals surface area contributed by atoms with Crippen molar-refractivity contribution in [2.45, 2.75) is 4.90 Å². The number of methoxy groups -OCH3 is 2. The molecule has 0 saturated carbocycles.